The molecule has 0 N–H and O–H groups in total. The van der Waals surface area contributed by atoms with Crippen LogP contribution in [0.15, 0.2) is 55.1 Å². The second kappa shape index (κ2) is 7.01. The quantitative estimate of drug-likeness (QED) is 0.666. The molecule has 0 spiro atoms. The SMILES string of the molecule is C=Cc1ccc(OC(OC2CCc3ccccc32)C(C)C)cc1. The molecule has 2 unspecified atom stereocenters. The molecule has 0 saturated carbocycles. The van der Waals surface area contributed by atoms with Crippen LogP contribution < -0.4 is 4.74 Å². The molecule has 1 aliphatic rings. The summed E-state index contributed by atoms with van der Waals surface area (Å²) in [6, 6.07) is 16.5. The van der Waals surface area contributed by atoms with Gasteiger partial charge in [0.25, 0.3) is 0 Å². The standard InChI is InChI=1S/C21H24O2/c1-4-16-9-12-18(13-10-16)22-21(15(2)3)23-20-14-11-17-7-5-6-8-19(17)20/h4-10,12-13,15,20-21H,1,11,14H2,2-3H3. The van der Waals surface area contributed by atoms with E-state index in [1.807, 2.05) is 30.3 Å². The minimum absolute atomic E-state index is 0.131. The van der Waals surface area contributed by atoms with Crippen LogP contribution in [0.4, 0.5) is 0 Å². The van der Waals surface area contributed by atoms with Gasteiger partial charge in [0, 0.05) is 5.92 Å². The summed E-state index contributed by atoms with van der Waals surface area (Å²) in [7, 11) is 0. The van der Waals surface area contributed by atoms with Gasteiger partial charge in [0.05, 0.1) is 6.10 Å². The highest BCUT2D eigenvalue weighted by atomic mass is 16.7. The first-order valence-electron chi connectivity index (χ1n) is 8.30. The van der Waals surface area contributed by atoms with Crippen LogP contribution in [-0.2, 0) is 11.2 Å². The van der Waals surface area contributed by atoms with E-state index in [9.17, 15) is 0 Å². The molecule has 2 aromatic carbocycles. The van der Waals surface area contributed by atoms with Crippen LogP contribution in [0, 0.1) is 5.92 Å². The van der Waals surface area contributed by atoms with E-state index < -0.39 is 0 Å². The first kappa shape index (κ1) is 15.8. The summed E-state index contributed by atoms with van der Waals surface area (Å²) in [4.78, 5) is 0. The zero-order chi connectivity index (χ0) is 16.2. The van der Waals surface area contributed by atoms with Crippen molar-refractivity contribution in [3.8, 4) is 5.75 Å². The van der Waals surface area contributed by atoms with Crippen molar-refractivity contribution >= 4 is 6.08 Å². The number of hydrogen-bond acceptors (Lipinski definition) is 2. The minimum atomic E-state index is -0.249. The molecule has 2 aromatic rings. The fourth-order valence-corrected chi connectivity index (χ4v) is 2.96. The molecule has 0 aliphatic heterocycles. The van der Waals surface area contributed by atoms with E-state index in [1.165, 1.54) is 11.1 Å². The third-order valence-electron chi connectivity index (χ3n) is 4.29. The van der Waals surface area contributed by atoms with E-state index in [0.717, 1.165) is 24.2 Å². The van der Waals surface area contributed by atoms with E-state index in [4.69, 9.17) is 9.47 Å². The average Bonchev–Trinajstić information content (AvgIpc) is 2.98. The van der Waals surface area contributed by atoms with Crippen LogP contribution in [0.3, 0.4) is 0 Å². The van der Waals surface area contributed by atoms with Crippen molar-refractivity contribution in [3.05, 3.63) is 71.8 Å². The van der Waals surface area contributed by atoms with E-state index in [2.05, 4.69) is 44.7 Å². The zero-order valence-corrected chi connectivity index (χ0v) is 13.9. The van der Waals surface area contributed by atoms with Crippen LogP contribution in [0.2, 0.25) is 0 Å². The van der Waals surface area contributed by atoms with Crippen LogP contribution in [0.1, 0.15) is 43.1 Å². The predicted molar refractivity (Wildman–Crippen MR) is 94.4 cm³/mol. The molecule has 0 aromatic heterocycles. The third-order valence-corrected chi connectivity index (χ3v) is 4.29. The zero-order valence-electron chi connectivity index (χ0n) is 13.9. The van der Waals surface area contributed by atoms with E-state index in [0.29, 0.717) is 0 Å². The van der Waals surface area contributed by atoms with Crippen LogP contribution in [0.25, 0.3) is 6.08 Å². The minimum Gasteiger partial charge on any atom is -0.465 e. The van der Waals surface area contributed by atoms with Gasteiger partial charge in [-0.25, -0.2) is 0 Å². The highest BCUT2D eigenvalue weighted by molar-refractivity contribution is 5.48. The lowest BCUT2D eigenvalue weighted by Crippen LogP contribution is -2.28. The van der Waals surface area contributed by atoms with Gasteiger partial charge in [-0.1, -0.05) is 62.9 Å². The molecule has 0 bridgehead atoms. The second-order valence-corrected chi connectivity index (χ2v) is 6.37. The largest absolute Gasteiger partial charge is 0.465 e. The molecule has 0 saturated heterocycles. The van der Waals surface area contributed by atoms with Gasteiger partial charge < -0.3 is 9.47 Å². The van der Waals surface area contributed by atoms with Crippen LogP contribution >= 0.6 is 0 Å². The Morgan fingerprint density at radius 3 is 2.52 bits per heavy atom. The molecule has 120 valence electrons. The van der Waals surface area contributed by atoms with Crippen LogP contribution in [0.5, 0.6) is 5.75 Å². The van der Waals surface area contributed by atoms with Crippen molar-refractivity contribution in [1.29, 1.82) is 0 Å². The Kier molecular flexibility index (Phi) is 4.82. The molecule has 3 rings (SSSR count). The van der Waals surface area contributed by atoms with Crippen LogP contribution in [-0.4, -0.2) is 6.29 Å². The van der Waals surface area contributed by atoms with Crippen molar-refractivity contribution in [1.82, 2.24) is 0 Å². The Morgan fingerprint density at radius 2 is 1.83 bits per heavy atom. The molecular weight excluding hydrogens is 284 g/mol. The highest BCUT2D eigenvalue weighted by Gasteiger charge is 2.27. The Morgan fingerprint density at radius 1 is 1.09 bits per heavy atom. The van der Waals surface area contributed by atoms with Gasteiger partial charge in [-0.2, -0.15) is 0 Å². The summed E-state index contributed by atoms with van der Waals surface area (Å²) in [5.74, 6) is 1.11. The maximum absolute atomic E-state index is 6.32. The molecule has 1 aliphatic carbocycles. The second-order valence-electron chi connectivity index (χ2n) is 6.37. The van der Waals surface area contributed by atoms with Gasteiger partial charge in [0.15, 0.2) is 0 Å². The maximum Gasteiger partial charge on any atom is 0.202 e. The first-order chi connectivity index (χ1) is 11.2. The van der Waals surface area contributed by atoms with Gasteiger partial charge in [0.1, 0.15) is 5.75 Å². The third kappa shape index (κ3) is 3.65. The van der Waals surface area contributed by atoms with E-state index in [1.54, 1.807) is 0 Å². The molecule has 2 nitrogen and oxygen atoms in total. The topological polar surface area (TPSA) is 18.5 Å². The lowest BCUT2D eigenvalue weighted by Gasteiger charge is -2.26. The van der Waals surface area contributed by atoms with Gasteiger partial charge >= 0.3 is 0 Å². The molecular formula is C21H24O2. The number of fused-ring (bicyclic) bond motifs is 1. The fraction of sp³-hybridized carbons (Fsp3) is 0.333. The monoisotopic (exact) mass is 308 g/mol. The lowest BCUT2D eigenvalue weighted by molar-refractivity contribution is -0.144. The van der Waals surface area contributed by atoms with Crippen molar-refractivity contribution in [2.45, 2.75) is 39.1 Å². The summed E-state index contributed by atoms with van der Waals surface area (Å²) in [5, 5.41) is 0. The highest BCUT2D eigenvalue weighted by Crippen LogP contribution is 2.35. The molecule has 2 heteroatoms. The molecule has 0 heterocycles. The molecule has 0 amide bonds. The van der Waals surface area contributed by atoms with Crippen molar-refractivity contribution in [2.75, 3.05) is 0 Å². The molecule has 23 heavy (non-hydrogen) atoms. The fourth-order valence-electron chi connectivity index (χ4n) is 2.96. The number of benzene rings is 2. The van der Waals surface area contributed by atoms with Gasteiger partial charge in [0.2, 0.25) is 6.29 Å². The van der Waals surface area contributed by atoms with Gasteiger partial charge in [-0.3, -0.25) is 0 Å². The Balaban J connectivity index is 1.71. The lowest BCUT2D eigenvalue weighted by atomic mass is 10.1. The summed E-state index contributed by atoms with van der Waals surface area (Å²) in [5.41, 5.74) is 3.79. The summed E-state index contributed by atoms with van der Waals surface area (Å²) in [6.45, 7) is 8.03. The van der Waals surface area contributed by atoms with Crippen molar-refractivity contribution in [3.63, 3.8) is 0 Å². The normalized spacial score (nSPS) is 17.8. The molecule has 0 radical (unpaired) electrons. The predicted octanol–water partition coefficient (Wildman–Crippen LogP) is 5.39. The Labute approximate surface area is 138 Å². The molecule has 2 atom stereocenters. The maximum atomic E-state index is 6.32. The number of aryl methyl sites for hydroxylation is 1. The number of rotatable bonds is 6. The smallest absolute Gasteiger partial charge is 0.202 e. The van der Waals surface area contributed by atoms with Crippen molar-refractivity contribution < 1.29 is 9.47 Å². The Hall–Kier alpha value is -2.06. The summed E-state index contributed by atoms with van der Waals surface area (Å²) < 4.78 is 12.4. The van der Waals surface area contributed by atoms with Crippen molar-refractivity contribution in [2.24, 2.45) is 5.92 Å². The first-order valence-corrected chi connectivity index (χ1v) is 8.30. The molecule has 0 fully saturated rings. The number of ether oxygens (including phenoxy) is 2. The Bertz CT molecular complexity index is 658. The van der Waals surface area contributed by atoms with E-state index >= 15 is 0 Å². The summed E-state index contributed by atoms with van der Waals surface area (Å²) >= 11 is 0. The summed E-state index contributed by atoms with van der Waals surface area (Å²) in [6.07, 6.45) is 3.82. The van der Waals surface area contributed by atoms with E-state index in [-0.39, 0.29) is 18.3 Å². The number of hydrogen-bond donors (Lipinski definition) is 0. The average molecular weight is 308 g/mol. The van der Waals surface area contributed by atoms with Gasteiger partial charge in [-0.15, -0.1) is 0 Å². The van der Waals surface area contributed by atoms with Gasteiger partial charge in [-0.05, 0) is 41.7 Å².